The first-order valence-electron chi connectivity index (χ1n) is 6.48. The van der Waals surface area contributed by atoms with E-state index in [4.69, 9.17) is 4.74 Å². The molecule has 0 aliphatic heterocycles. The summed E-state index contributed by atoms with van der Waals surface area (Å²) in [4.78, 5) is 0. The summed E-state index contributed by atoms with van der Waals surface area (Å²) >= 11 is 0. The molecule has 0 aliphatic carbocycles. The Morgan fingerprint density at radius 3 is 2.68 bits per heavy atom. The molecular weight excluding hydrogens is 238 g/mol. The Bertz CT molecular complexity index is 540. The van der Waals surface area contributed by atoms with Crippen LogP contribution < -0.4 is 10.1 Å². The maximum absolute atomic E-state index is 9.83. The van der Waals surface area contributed by atoms with Gasteiger partial charge in [-0.2, -0.15) is 0 Å². The summed E-state index contributed by atoms with van der Waals surface area (Å²) in [5, 5.41) is 13.2. The zero-order chi connectivity index (χ0) is 13.7. The van der Waals surface area contributed by atoms with Crippen LogP contribution in [0, 0.1) is 0 Å². The Morgan fingerprint density at radius 1 is 1.16 bits per heavy atom. The highest BCUT2D eigenvalue weighted by Gasteiger charge is 2.09. The van der Waals surface area contributed by atoms with Gasteiger partial charge in [0.1, 0.15) is 11.5 Å². The lowest BCUT2D eigenvalue weighted by Crippen LogP contribution is -2.06. The van der Waals surface area contributed by atoms with Gasteiger partial charge in [0.2, 0.25) is 0 Å². The molecule has 0 aromatic heterocycles. The largest absolute Gasteiger partial charge is 0.508 e. The fourth-order valence-electron chi connectivity index (χ4n) is 2.02. The Morgan fingerprint density at radius 2 is 1.95 bits per heavy atom. The van der Waals surface area contributed by atoms with Gasteiger partial charge in [0.25, 0.3) is 0 Å². The van der Waals surface area contributed by atoms with E-state index in [0.29, 0.717) is 12.4 Å². The van der Waals surface area contributed by atoms with Crippen LogP contribution in [0.25, 0.3) is 0 Å². The minimum Gasteiger partial charge on any atom is -0.508 e. The minimum absolute atomic E-state index is 0.0260. The molecule has 0 radical (unpaired) electrons. The smallest absolute Gasteiger partial charge is 0.121 e. The topological polar surface area (TPSA) is 41.5 Å². The maximum atomic E-state index is 9.83. The van der Waals surface area contributed by atoms with Crippen LogP contribution in [0.1, 0.15) is 25.5 Å². The summed E-state index contributed by atoms with van der Waals surface area (Å²) in [6.07, 6.45) is 0. The lowest BCUT2D eigenvalue weighted by molar-refractivity contribution is 0.340. The Balaban J connectivity index is 2.12. The van der Waals surface area contributed by atoms with Crippen LogP contribution in [-0.4, -0.2) is 11.7 Å². The van der Waals surface area contributed by atoms with Crippen molar-refractivity contribution < 1.29 is 9.84 Å². The van der Waals surface area contributed by atoms with Crippen molar-refractivity contribution in [1.29, 1.82) is 0 Å². The van der Waals surface area contributed by atoms with E-state index >= 15 is 0 Å². The first-order valence-corrected chi connectivity index (χ1v) is 6.48. The highest BCUT2D eigenvalue weighted by molar-refractivity contribution is 5.50. The maximum Gasteiger partial charge on any atom is 0.121 e. The molecule has 2 aromatic rings. The number of nitrogens with one attached hydrogen (secondary N) is 1. The third kappa shape index (κ3) is 3.41. The molecule has 0 bridgehead atoms. The van der Waals surface area contributed by atoms with Gasteiger partial charge in [0, 0.05) is 17.3 Å². The molecule has 1 atom stereocenters. The second-order valence-electron chi connectivity index (χ2n) is 4.39. The van der Waals surface area contributed by atoms with Gasteiger partial charge in [0.15, 0.2) is 0 Å². The van der Waals surface area contributed by atoms with Crippen LogP contribution in [0.4, 0.5) is 5.69 Å². The summed E-state index contributed by atoms with van der Waals surface area (Å²) < 4.78 is 5.47. The zero-order valence-corrected chi connectivity index (χ0v) is 11.3. The summed E-state index contributed by atoms with van der Waals surface area (Å²) in [5.74, 6) is 1.15. The van der Waals surface area contributed by atoms with Crippen molar-refractivity contribution in [2.24, 2.45) is 0 Å². The molecule has 3 heteroatoms. The molecule has 0 amide bonds. The number of phenols is 1. The third-order valence-corrected chi connectivity index (χ3v) is 2.93. The summed E-state index contributed by atoms with van der Waals surface area (Å²) in [7, 11) is 0. The predicted molar refractivity (Wildman–Crippen MR) is 77.8 cm³/mol. The SMILES string of the molecule is CCOc1cccc(NC(C)c2ccccc2O)c1. The third-order valence-electron chi connectivity index (χ3n) is 2.93. The molecule has 2 aromatic carbocycles. The van der Waals surface area contributed by atoms with Gasteiger partial charge in [-0.15, -0.1) is 0 Å². The lowest BCUT2D eigenvalue weighted by atomic mass is 10.1. The van der Waals surface area contributed by atoms with Crippen molar-refractivity contribution in [3.63, 3.8) is 0 Å². The quantitative estimate of drug-likeness (QED) is 0.851. The van der Waals surface area contributed by atoms with E-state index in [1.165, 1.54) is 0 Å². The summed E-state index contributed by atoms with van der Waals surface area (Å²) in [6, 6.07) is 15.2. The van der Waals surface area contributed by atoms with Crippen molar-refractivity contribution in [2.45, 2.75) is 19.9 Å². The van der Waals surface area contributed by atoms with Gasteiger partial charge in [-0.05, 0) is 32.0 Å². The number of para-hydroxylation sites is 1. The molecule has 0 spiro atoms. The molecule has 0 saturated carbocycles. The van der Waals surface area contributed by atoms with Gasteiger partial charge < -0.3 is 15.2 Å². The van der Waals surface area contributed by atoms with Crippen molar-refractivity contribution >= 4 is 5.69 Å². The van der Waals surface area contributed by atoms with E-state index in [-0.39, 0.29) is 6.04 Å². The number of hydrogen-bond acceptors (Lipinski definition) is 3. The number of hydrogen-bond donors (Lipinski definition) is 2. The van der Waals surface area contributed by atoms with Gasteiger partial charge in [0.05, 0.1) is 12.6 Å². The average molecular weight is 257 g/mol. The zero-order valence-electron chi connectivity index (χ0n) is 11.3. The first-order chi connectivity index (χ1) is 9.20. The molecule has 2 N–H and O–H groups in total. The van der Waals surface area contributed by atoms with Crippen LogP contribution in [0.2, 0.25) is 0 Å². The average Bonchev–Trinajstić information content (AvgIpc) is 2.40. The monoisotopic (exact) mass is 257 g/mol. The number of benzene rings is 2. The predicted octanol–water partition coefficient (Wildman–Crippen LogP) is 3.96. The van der Waals surface area contributed by atoms with Crippen LogP contribution in [0.3, 0.4) is 0 Å². The van der Waals surface area contributed by atoms with Gasteiger partial charge >= 0.3 is 0 Å². The van der Waals surface area contributed by atoms with Crippen molar-refractivity contribution in [1.82, 2.24) is 0 Å². The van der Waals surface area contributed by atoms with Crippen LogP contribution in [0.5, 0.6) is 11.5 Å². The highest BCUT2D eigenvalue weighted by Crippen LogP contribution is 2.27. The van der Waals surface area contributed by atoms with E-state index in [9.17, 15) is 5.11 Å². The number of anilines is 1. The molecule has 19 heavy (non-hydrogen) atoms. The van der Waals surface area contributed by atoms with E-state index in [1.54, 1.807) is 6.07 Å². The Kier molecular flexibility index (Phi) is 4.29. The van der Waals surface area contributed by atoms with Gasteiger partial charge in [-0.1, -0.05) is 24.3 Å². The van der Waals surface area contributed by atoms with Crippen molar-refractivity contribution in [3.8, 4) is 11.5 Å². The minimum atomic E-state index is 0.0260. The standard InChI is InChI=1S/C16H19NO2/c1-3-19-14-8-6-7-13(11-14)17-12(2)15-9-4-5-10-16(15)18/h4-12,17-18H,3H2,1-2H3. The molecule has 0 aliphatic rings. The Labute approximate surface area is 113 Å². The Hall–Kier alpha value is -2.16. The molecule has 2 rings (SSSR count). The first kappa shape index (κ1) is 13.3. The van der Waals surface area contributed by atoms with E-state index < -0.39 is 0 Å². The fraction of sp³-hybridized carbons (Fsp3) is 0.250. The molecule has 1 unspecified atom stereocenters. The molecule has 0 heterocycles. The second-order valence-corrected chi connectivity index (χ2v) is 4.39. The fourth-order valence-corrected chi connectivity index (χ4v) is 2.02. The van der Waals surface area contributed by atoms with Crippen molar-refractivity contribution in [3.05, 3.63) is 54.1 Å². The number of rotatable bonds is 5. The van der Waals surface area contributed by atoms with E-state index in [1.807, 2.05) is 56.3 Å². The van der Waals surface area contributed by atoms with Crippen LogP contribution in [0.15, 0.2) is 48.5 Å². The van der Waals surface area contributed by atoms with Gasteiger partial charge in [-0.25, -0.2) is 0 Å². The highest BCUT2D eigenvalue weighted by atomic mass is 16.5. The van der Waals surface area contributed by atoms with Gasteiger partial charge in [-0.3, -0.25) is 0 Å². The van der Waals surface area contributed by atoms with Crippen LogP contribution >= 0.6 is 0 Å². The summed E-state index contributed by atoms with van der Waals surface area (Å²) in [6.45, 7) is 4.63. The molecule has 0 saturated heterocycles. The lowest BCUT2D eigenvalue weighted by Gasteiger charge is -2.17. The molecule has 3 nitrogen and oxygen atoms in total. The normalized spacial score (nSPS) is 11.9. The van der Waals surface area contributed by atoms with E-state index in [0.717, 1.165) is 17.0 Å². The molecule has 100 valence electrons. The second kappa shape index (κ2) is 6.14. The number of ether oxygens (including phenoxy) is 1. The number of aromatic hydroxyl groups is 1. The molecule has 0 fully saturated rings. The number of phenolic OH excluding ortho intramolecular Hbond substituents is 1. The summed E-state index contributed by atoms with van der Waals surface area (Å²) in [5.41, 5.74) is 1.85. The van der Waals surface area contributed by atoms with Crippen molar-refractivity contribution in [2.75, 3.05) is 11.9 Å². The molecular formula is C16H19NO2. The van der Waals surface area contributed by atoms with E-state index in [2.05, 4.69) is 5.32 Å². The van der Waals surface area contributed by atoms with Crippen LogP contribution in [-0.2, 0) is 0 Å².